The van der Waals surface area contributed by atoms with Crippen molar-refractivity contribution >= 4 is 46.3 Å². The standard InChI is InChI=1S/C19H20IN3O5/c1-3-28-14-6-4-13(5-7-14)22-17(24)10-18(25)23-21-11-12-8-15(20)19(26)16(9-12)27-2/h4-9,11,26H,3,10H2,1-2H3,(H,22,24)(H,23,25). The van der Waals surface area contributed by atoms with E-state index in [4.69, 9.17) is 9.47 Å². The first-order chi connectivity index (χ1) is 13.4. The lowest BCUT2D eigenvalue weighted by molar-refractivity contribution is -0.126. The van der Waals surface area contributed by atoms with Crippen LogP contribution in [0.5, 0.6) is 17.2 Å². The zero-order valence-electron chi connectivity index (χ0n) is 15.4. The normalized spacial score (nSPS) is 10.5. The summed E-state index contributed by atoms with van der Waals surface area (Å²) in [5.74, 6) is 0.0237. The second-order valence-electron chi connectivity index (χ2n) is 5.53. The van der Waals surface area contributed by atoms with Gasteiger partial charge in [0.05, 0.1) is 23.5 Å². The summed E-state index contributed by atoms with van der Waals surface area (Å²) >= 11 is 1.96. The first-order valence-corrected chi connectivity index (χ1v) is 9.42. The monoisotopic (exact) mass is 497 g/mol. The zero-order valence-corrected chi connectivity index (χ0v) is 17.5. The van der Waals surface area contributed by atoms with Gasteiger partial charge in [0.2, 0.25) is 11.8 Å². The van der Waals surface area contributed by atoms with Crippen molar-refractivity contribution in [3.8, 4) is 17.2 Å². The maximum atomic E-state index is 11.9. The van der Waals surface area contributed by atoms with Crippen molar-refractivity contribution in [2.45, 2.75) is 13.3 Å². The van der Waals surface area contributed by atoms with Crippen LogP contribution in [0, 0.1) is 3.57 Å². The van der Waals surface area contributed by atoms with E-state index in [2.05, 4.69) is 15.8 Å². The molecule has 9 heteroatoms. The number of rotatable bonds is 8. The summed E-state index contributed by atoms with van der Waals surface area (Å²) < 4.78 is 11.0. The van der Waals surface area contributed by atoms with Crippen LogP contribution in [0.3, 0.4) is 0 Å². The molecule has 0 spiro atoms. The molecule has 0 radical (unpaired) electrons. The number of carbonyl (C=O) groups excluding carboxylic acids is 2. The molecule has 0 fully saturated rings. The number of hydrazone groups is 1. The van der Waals surface area contributed by atoms with Crippen molar-refractivity contribution in [2.75, 3.05) is 19.0 Å². The fourth-order valence-electron chi connectivity index (χ4n) is 2.19. The van der Waals surface area contributed by atoms with E-state index in [-0.39, 0.29) is 12.2 Å². The van der Waals surface area contributed by atoms with Crippen molar-refractivity contribution in [2.24, 2.45) is 5.10 Å². The highest BCUT2D eigenvalue weighted by atomic mass is 127. The van der Waals surface area contributed by atoms with Gasteiger partial charge in [-0.25, -0.2) is 5.43 Å². The highest BCUT2D eigenvalue weighted by Gasteiger charge is 2.10. The number of anilines is 1. The summed E-state index contributed by atoms with van der Waals surface area (Å²) in [6.45, 7) is 2.44. The van der Waals surface area contributed by atoms with Crippen LogP contribution >= 0.6 is 22.6 Å². The number of hydrogen-bond donors (Lipinski definition) is 3. The number of nitrogens with zero attached hydrogens (tertiary/aromatic N) is 1. The Balaban J connectivity index is 1.85. The second kappa shape index (κ2) is 10.5. The molecule has 28 heavy (non-hydrogen) atoms. The molecule has 2 aromatic rings. The van der Waals surface area contributed by atoms with Gasteiger partial charge < -0.3 is 19.9 Å². The number of amides is 2. The van der Waals surface area contributed by atoms with E-state index >= 15 is 0 Å². The fourth-order valence-corrected chi connectivity index (χ4v) is 2.82. The van der Waals surface area contributed by atoms with E-state index in [1.807, 2.05) is 29.5 Å². The Hall–Kier alpha value is -2.82. The van der Waals surface area contributed by atoms with Gasteiger partial charge in [0.25, 0.3) is 0 Å². The van der Waals surface area contributed by atoms with Crippen LogP contribution in [-0.4, -0.2) is 36.9 Å². The van der Waals surface area contributed by atoms with Crippen LogP contribution in [0.4, 0.5) is 5.69 Å². The largest absolute Gasteiger partial charge is 0.504 e. The number of ether oxygens (including phenoxy) is 2. The molecule has 0 aliphatic rings. The maximum absolute atomic E-state index is 11.9. The average Bonchev–Trinajstić information content (AvgIpc) is 2.66. The highest BCUT2D eigenvalue weighted by molar-refractivity contribution is 14.1. The average molecular weight is 497 g/mol. The molecule has 0 bridgehead atoms. The molecule has 0 aromatic heterocycles. The number of carbonyl (C=O) groups is 2. The molecule has 0 aliphatic heterocycles. The SMILES string of the molecule is CCOc1ccc(NC(=O)CC(=O)NN=Cc2cc(I)c(O)c(OC)c2)cc1. The van der Waals surface area contributed by atoms with E-state index in [0.717, 1.165) is 0 Å². The van der Waals surface area contributed by atoms with Crippen LogP contribution in [0.25, 0.3) is 0 Å². The van der Waals surface area contributed by atoms with Crippen molar-refractivity contribution in [3.05, 3.63) is 45.5 Å². The van der Waals surface area contributed by atoms with E-state index in [9.17, 15) is 14.7 Å². The van der Waals surface area contributed by atoms with Crippen LogP contribution in [0.2, 0.25) is 0 Å². The van der Waals surface area contributed by atoms with E-state index in [1.54, 1.807) is 36.4 Å². The molecular weight excluding hydrogens is 477 g/mol. The van der Waals surface area contributed by atoms with Gasteiger partial charge in [-0.15, -0.1) is 0 Å². The predicted octanol–water partition coefficient (Wildman–Crippen LogP) is 2.88. The molecule has 0 heterocycles. The van der Waals surface area contributed by atoms with Crippen molar-refractivity contribution < 1.29 is 24.2 Å². The molecule has 0 aliphatic carbocycles. The minimum absolute atomic E-state index is 0.0373. The third-order valence-corrected chi connectivity index (χ3v) is 4.27. The van der Waals surface area contributed by atoms with E-state index in [1.165, 1.54) is 13.3 Å². The van der Waals surface area contributed by atoms with Gasteiger partial charge in [-0.05, 0) is 71.5 Å². The van der Waals surface area contributed by atoms with Crippen LogP contribution in [0.1, 0.15) is 18.9 Å². The summed E-state index contributed by atoms with van der Waals surface area (Å²) in [4.78, 5) is 23.8. The lowest BCUT2D eigenvalue weighted by Crippen LogP contribution is -2.24. The molecule has 0 saturated carbocycles. The minimum Gasteiger partial charge on any atom is -0.504 e. The number of phenols is 1. The summed E-state index contributed by atoms with van der Waals surface area (Å²) in [7, 11) is 1.44. The summed E-state index contributed by atoms with van der Waals surface area (Å²) in [5.41, 5.74) is 3.48. The first-order valence-electron chi connectivity index (χ1n) is 8.34. The third-order valence-electron chi connectivity index (χ3n) is 3.44. The lowest BCUT2D eigenvalue weighted by Gasteiger charge is -2.07. The number of halogens is 1. The van der Waals surface area contributed by atoms with Crippen molar-refractivity contribution in [1.29, 1.82) is 0 Å². The minimum atomic E-state index is -0.555. The van der Waals surface area contributed by atoms with Gasteiger partial charge >= 0.3 is 0 Å². The number of hydrogen-bond acceptors (Lipinski definition) is 6. The number of benzene rings is 2. The predicted molar refractivity (Wildman–Crippen MR) is 114 cm³/mol. The number of phenolic OH excluding ortho intramolecular Hbond substituents is 1. The molecule has 2 rings (SSSR count). The Morgan fingerprint density at radius 1 is 1.21 bits per heavy atom. The Morgan fingerprint density at radius 3 is 2.57 bits per heavy atom. The molecule has 0 saturated heterocycles. The highest BCUT2D eigenvalue weighted by Crippen LogP contribution is 2.31. The topological polar surface area (TPSA) is 109 Å². The molecule has 2 aromatic carbocycles. The molecular formula is C19H20IN3O5. The smallest absolute Gasteiger partial charge is 0.249 e. The van der Waals surface area contributed by atoms with Gasteiger partial charge in [-0.1, -0.05) is 0 Å². The second-order valence-corrected chi connectivity index (χ2v) is 6.69. The summed E-state index contributed by atoms with van der Waals surface area (Å²) in [6.07, 6.45) is 1.02. The van der Waals surface area contributed by atoms with Crippen LogP contribution in [-0.2, 0) is 9.59 Å². The third kappa shape index (κ3) is 6.41. The molecule has 0 unspecified atom stereocenters. The molecule has 8 nitrogen and oxygen atoms in total. The molecule has 3 N–H and O–H groups in total. The van der Waals surface area contributed by atoms with Gasteiger partial charge in [0, 0.05) is 5.69 Å². The van der Waals surface area contributed by atoms with Gasteiger partial charge in [0.1, 0.15) is 12.2 Å². The quantitative estimate of drug-likeness (QED) is 0.225. The van der Waals surface area contributed by atoms with Gasteiger partial charge in [-0.3, -0.25) is 9.59 Å². The molecule has 2 amide bonds. The Morgan fingerprint density at radius 2 is 1.93 bits per heavy atom. The van der Waals surface area contributed by atoms with Crippen molar-refractivity contribution in [1.82, 2.24) is 5.43 Å². The van der Waals surface area contributed by atoms with Crippen LogP contribution in [0.15, 0.2) is 41.5 Å². The zero-order chi connectivity index (χ0) is 20.5. The van der Waals surface area contributed by atoms with Gasteiger partial charge in [0.15, 0.2) is 11.5 Å². The Kier molecular flexibility index (Phi) is 8.05. The summed E-state index contributed by atoms with van der Waals surface area (Å²) in [6, 6.07) is 10.1. The Labute approximate surface area is 176 Å². The molecule has 148 valence electrons. The summed E-state index contributed by atoms with van der Waals surface area (Å²) in [5, 5.41) is 16.2. The van der Waals surface area contributed by atoms with Gasteiger partial charge in [-0.2, -0.15) is 5.10 Å². The lowest BCUT2D eigenvalue weighted by atomic mass is 10.2. The fraction of sp³-hybridized carbons (Fsp3) is 0.211. The number of aromatic hydroxyl groups is 1. The maximum Gasteiger partial charge on any atom is 0.249 e. The van der Waals surface area contributed by atoms with E-state index < -0.39 is 11.8 Å². The van der Waals surface area contributed by atoms with Crippen LogP contribution < -0.4 is 20.2 Å². The Bertz CT molecular complexity index is 869. The van der Waals surface area contributed by atoms with Crippen molar-refractivity contribution in [3.63, 3.8) is 0 Å². The number of methoxy groups -OCH3 is 1. The molecule has 0 atom stereocenters. The first kappa shape index (κ1) is 21.5. The van der Waals surface area contributed by atoms with E-state index in [0.29, 0.717) is 32.9 Å². The number of nitrogens with one attached hydrogen (secondary N) is 2.